The summed E-state index contributed by atoms with van der Waals surface area (Å²) in [6.07, 6.45) is 3.33. The van der Waals surface area contributed by atoms with E-state index in [0.717, 1.165) is 35.9 Å². The molecule has 0 unspecified atom stereocenters. The van der Waals surface area contributed by atoms with Crippen LogP contribution in [0.4, 0.5) is 0 Å². The first-order chi connectivity index (χ1) is 11.3. The molecule has 0 fully saturated rings. The second-order valence-corrected chi connectivity index (χ2v) is 7.18. The molecule has 0 spiro atoms. The van der Waals surface area contributed by atoms with Gasteiger partial charge in [-0.1, -0.05) is 13.8 Å². The van der Waals surface area contributed by atoms with Crippen LogP contribution in [0.25, 0.3) is 0 Å². The van der Waals surface area contributed by atoms with Crippen molar-refractivity contribution >= 4 is 5.91 Å². The van der Waals surface area contributed by atoms with E-state index in [1.165, 1.54) is 0 Å². The number of fused-ring (bicyclic) bond motifs is 1. The van der Waals surface area contributed by atoms with Crippen LogP contribution < -0.4 is 0 Å². The summed E-state index contributed by atoms with van der Waals surface area (Å²) >= 11 is 0. The van der Waals surface area contributed by atoms with Crippen LogP contribution in [0.5, 0.6) is 0 Å². The molecular formula is C17H26N6O. The number of carbonyl (C=O) groups excluding carboxylic acids is 1. The van der Waals surface area contributed by atoms with Gasteiger partial charge in [0.25, 0.3) is 0 Å². The molecule has 130 valence electrons. The molecule has 0 aromatic carbocycles. The molecule has 7 heteroatoms. The first-order valence-electron chi connectivity index (χ1n) is 8.52. The summed E-state index contributed by atoms with van der Waals surface area (Å²) < 4.78 is 3.97. The van der Waals surface area contributed by atoms with Gasteiger partial charge in [-0.15, -0.1) is 10.2 Å². The van der Waals surface area contributed by atoms with Crippen LogP contribution >= 0.6 is 0 Å². The fourth-order valence-electron chi connectivity index (χ4n) is 3.58. The molecule has 0 bridgehead atoms. The van der Waals surface area contributed by atoms with E-state index in [0.29, 0.717) is 18.9 Å². The highest BCUT2D eigenvalue weighted by Gasteiger charge is 2.31. The van der Waals surface area contributed by atoms with Crippen molar-refractivity contribution in [3.8, 4) is 0 Å². The summed E-state index contributed by atoms with van der Waals surface area (Å²) in [4.78, 5) is 14.7. The average molecular weight is 330 g/mol. The minimum absolute atomic E-state index is 0.131. The van der Waals surface area contributed by atoms with Crippen molar-refractivity contribution in [3.63, 3.8) is 0 Å². The number of hydrogen-bond donors (Lipinski definition) is 0. The lowest BCUT2D eigenvalue weighted by atomic mass is 10.0. The van der Waals surface area contributed by atoms with E-state index in [4.69, 9.17) is 0 Å². The molecule has 24 heavy (non-hydrogen) atoms. The molecule has 2 aromatic rings. The lowest BCUT2D eigenvalue weighted by Crippen LogP contribution is -2.42. The van der Waals surface area contributed by atoms with Crippen LogP contribution in [0.2, 0.25) is 0 Å². The molecule has 0 saturated carbocycles. The van der Waals surface area contributed by atoms with Crippen LogP contribution in [0.1, 0.15) is 49.2 Å². The molecule has 1 amide bonds. The van der Waals surface area contributed by atoms with E-state index >= 15 is 0 Å². The lowest BCUT2D eigenvalue weighted by molar-refractivity contribution is -0.132. The molecule has 0 aliphatic carbocycles. The van der Waals surface area contributed by atoms with E-state index in [1.54, 1.807) is 4.68 Å². The van der Waals surface area contributed by atoms with Crippen LogP contribution in [-0.4, -0.2) is 41.9 Å². The highest BCUT2D eigenvalue weighted by Crippen LogP contribution is 2.27. The van der Waals surface area contributed by atoms with Gasteiger partial charge in [-0.2, -0.15) is 5.10 Å². The van der Waals surface area contributed by atoms with Gasteiger partial charge in [-0.3, -0.25) is 9.48 Å². The number of aromatic nitrogens is 5. The molecule has 1 atom stereocenters. The predicted molar refractivity (Wildman–Crippen MR) is 90.3 cm³/mol. The first-order valence-corrected chi connectivity index (χ1v) is 8.52. The Kier molecular flexibility index (Phi) is 4.43. The van der Waals surface area contributed by atoms with E-state index in [9.17, 15) is 4.79 Å². The van der Waals surface area contributed by atoms with Crippen molar-refractivity contribution < 1.29 is 4.79 Å². The van der Waals surface area contributed by atoms with Crippen molar-refractivity contribution in [2.45, 2.75) is 53.1 Å². The topological polar surface area (TPSA) is 68.8 Å². The SMILES string of the molecule is Cc1nn(C)cc1CC(=O)N1Cc2nnc(C)n2[C@@H](CC(C)C)C1. The Balaban J connectivity index is 1.79. The fraction of sp³-hybridized carbons (Fsp3) is 0.647. The average Bonchev–Trinajstić information content (AvgIpc) is 3.01. The number of hydrogen-bond acceptors (Lipinski definition) is 4. The van der Waals surface area contributed by atoms with Crippen molar-refractivity contribution in [1.82, 2.24) is 29.4 Å². The van der Waals surface area contributed by atoms with E-state index in [1.807, 2.05) is 32.0 Å². The van der Waals surface area contributed by atoms with E-state index in [2.05, 4.69) is 33.7 Å². The highest BCUT2D eigenvalue weighted by molar-refractivity contribution is 5.79. The summed E-state index contributed by atoms with van der Waals surface area (Å²) in [5.74, 6) is 2.51. The molecule has 2 aromatic heterocycles. The van der Waals surface area contributed by atoms with Crippen LogP contribution in [0.15, 0.2) is 6.20 Å². The minimum Gasteiger partial charge on any atom is -0.333 e. The van der Waals surface area contributed by atoms with Gasteiger partial charge in [0, 0.05) is 25.4 Å². The zero-order chi connectivity index (χ0) is 17.4. The molecular weight excluding hydrogens is 304 g/mol. The van der Waals surface area contributed by atoms with Gasteiger partial charge in [0.05, 0.1) is 24.7 Å². The molecule has 0 saturated heterocycles. The molecule has 1 aliphatic heterocycles. The molecule has 0 N–H and O–H groups in total. The van der Waals surface area contributed by atoms with Crippen molar-refractivity contribution in [2.75, 3.05) is 6.54 Å². The summed E-state index contributed by atoms with van der Waals surface area (Å²) in [7, 11) is 1.88. The third-order valence-electron chi connectivity index (χ3n) is 4.62. The maximum atomic E-state index is 12.8. The molecule has 3 heterocycles. The maximum Gasteiger partial charge on any atom is 0.227 e. The zero-order valence-corrected chi connectivity index (χ0v) is 15.2. The van der Waals surface area contributed by atoms with Crippen molar-refractivity contribution in [3.05, 3.63) is 29.1 Å². The Labute approximate surface area is 142 Å². The normalized spacial score (nSPS) is 17.4. The molecule has 0 radical (unpaired) electrons. The van der Waals surface area contributed by atoms with Gasteiger partial charge in [0.1, 0.15) is 5.82 Å². The van der Waals surface area contributed by atoms with Gasteiger partial charge in [0.15, 0.2) is 5.82 Å². The summed E-state index contributed by atoms with van der Waals surface area (Å²) in [5, 5.41) is 12.8. The van der Waals surface area contributed by atoms with Crippen molar-refractivity contribution in [1.29, 1.82) is 0 Å². The van der Waals surface area contributed by atoms with Crippen LogP contribution in [0.3, 0.4) is 0 Å². The Morgan fingerprint density at radius 2 is 2.08 bits per heavy atom. The molecule has 1 aliphatic rings. The predicted octanol–water partition coefficient (Wildman–Crippen LogP) is 1.80. The van der Waals surface area contributed by atoms with E-state index in [-0.39, 0.29) is 11.9 Å². The quantitative estimate of drug-likeness (QED) is 0.857. The number of nitrogens with zero attached hydrogens (tertiary/aromatic N) is 6. The Hall–Kier alpha value is -2.18. The largest absolute Gasteiger partial charge is 0.333 e. The summed E-state index contributed by atoms with van der Waals surface area (Å²) in [5.41, 5.74) is 1.91. The number of amides is 1. The molecule has 7 nitrogen and oxygen atoms in total. The van der Waals surface area contributed by atoms with Crippen molar-refractivity contribution in [2.24, 2.45) is 13.0 Å². The van der Waals surface area contributed by atoms with Gasteiger partial charge < -0.3 is 9.47 Å². The summed E-state index contributed by atoms with van der Waals surface area (Å²) in [6.45, 7) is 9.61. The van der Waals surface area contributed by atoms with Crippen LogP contribution in [-0.2, 0) is 24.8 Å². The fourth-order valence-corrected chi connectivity index (χ4v) is 3.58. The second kappa shape index (κ2) is 6.37. The first kappa shape index (κ1) is 16.7. The Morgan fingerprint density at radius 1 is 1.33 bits per heavy atom. The number of aryl methyl sites for hydroxylation is 3. The standard InChI is InChI=1S/C17H26N6O/c1-11(2)6-15-9-22(10-16-19-18-13(4)23(15)16)17(24)7-14-8-21(5)20-12(14)3/h8,11,15H,6-7,9-10H2,1-5H3/t15-/m0/s1. The maximum absolute atomic E-state index is 12.8. The minimum atomic E-state index is 0.131. The van der Waals surface area contributed by atoms with Gasteiger partial charge in [0.2, 0.25) is 5.91 Å². The zero-order valence-electron chi connectivity index (χ0n) is 15.2. The highest BCUT2D eigenvalue weighted by atomic mass is 16.2. The Morgan fingerprint density at radius 3 is 2.71 bits per heavy atom. The van der Waals surface area contributed by atoms with Gasteiger partial charge >= 0.3 is 0 Å². The number of carbonyl (C=O) groups is 1. The summed E-state index contributed by atoms with van der Waals surface area (Å²) in [6, 6.07) is 0.252. The van der Waals surface area contributed by atoms with E-state index < -0.39 is 0 Å². The molecule has 3 rings (SSSR count). The monoisotopic (exact) mass is 330 g/mol. The smallest absolute Gasteiger partial charge is 0.227 e. The van der Waals surface area contributed by atoms with Gasteiger partial charge in [-0.05, 0) is 26.2 Å². The van der Waals surface area contributed by atoms with Crippen LogP contribution in [0, 0.1) is 19.8 Å². The number of rotatable bonds is 4. The second-order valence-electron chi connectivity index (χ2n) is 7.18. The Bertz CT molecular complexity index is 744. The van der Waals surface area contributed by atoms with Gasteiger partial charge in [-0.25, -0.2) is 0 Å². The lowest BCUT2D eigenvalue weighted by Gasteiger charge is -2.35. The third kappa shape index (κ3) is 3.20. The third-order valence-corrected chi connectivity index (χ3v) is 4.62.